The summed E-state index contributed by atoms with van der Waals surface area (Å²) >= 11 is 0. The Morgan fingerprint density at radius 2 is 2.25 bits per heavy atom. The van der Waals surface area contributed by atoms with E-state index in [-0.39, 0.29) is 17.4 Å². The highest BCUT2D eigenvalue weighted by molar-refractivity contribution is 5.94. The standard InChI is InChI=1S/C17H20N4O3/c1-11-19-14(9-15(22)20-11)13-4-3-7-21(10-13)17(23)12-5-6-18-16(8-12)24-2/h5-6,8-9,13H,3-4,7,10H2,1-2H3,(H,19,20,22)/t13-/m0/s1. The van der Waals surface area contributed by atoms with Gasteiger partial charge in [0.2, 0.25) is 5.88 Å². The number of likely N-dealkylation sites (tertiary alicyclic amines) is 1. The van der Waals surface area contributed by atoms with E-state index >= 15 is 0 Å². The molecule has 2 aromatic heterocycles. The van der Waals surface area contributed by atoms with E-state index in [0.717, 1.165) is 18.5 Å². The summed E-state index contributed by atoms with van der Waals surface area (Å²) in [6.07, 6.45) is 3.36. The van der Waals surface area contributed by atoms with Crippen LogP contribution < -0.4 is 10.3 Å². The summed E-state index contributed by atoms with van der Waals surface area (Å²) in [6.45, 7) is 3.02. The van der Waals surface area contributed by atoms with Crippen LogP contribution >= 0.6 is 0 Å². The van der Waals surface area contributed by atoms with Gasteiger partial charge in [-0.3, -0.25) is 9.59 Å². The van der Waals surface area contributed by atoms with Gasteiger partial charge in [-0.05, 0) is 25.8 Å². The number of rotatable bonds is 3. The third kappa shape index (κ3) is 3.45. The van der Waals surface area contributed by atoms with E-state index in [4.69, 9.17) is 4.74 Å². The Morgan fingerprint density at radius 1 is 1.42 bits per heavy atom. The zero-order valence-electron chi connectivity index (χ0n) is 13.8. The Labute approximate surface area is 139 Å². The smallest absolute Gasteiger partial charge is 0.254 e. The Morgan fingerprint density at radius 3 is 3.00 bits per heavy atom. The van der Waals surface area contributed by atoms with Crippen LogP contribution in [0.4, 0.5) is 0 Å². The molecule has 126 valence electrons. The van der Waals surface area contributed by atoms with Crippen molar-refractivity contribution in [2.45, 2.75) is 25.7 Å². The first-order chi connectivity index (χ1) is 11.6. The molecule has 3 rings (SSSR count). The van der Waals surface area contributed by atoms with Gasteiger partial charge >= 0.3 is 0 Å². The van der Waals surface area contributed by atoms with Gasteiger partial charge in [0.25, 0.3) is 11.5 Å². The fraction of sp³-hybridized carbons (Fsp3) is 0.412. The van der Waals surface area contributed by atoms with Crippen LogP contribution in [0.5, 0.6) is 5.88 Å². The maximum Gasteiger partial charge on any atom is 0.254 e. The molecule has 0 spiro atoms. The van der Waals surface area contributed by atoms with Crippen LogP contribution in [-0.2, 0) is 0 Å². The molecule has 0 aliphatic carbocycles. The molecule has 7 heteroatoms. The number of piperidine rings is 1. The van der Waals surface area contributed by atoms with Crippen LogP contribution in [0, 0.1) is 6.92 Å². The molecule has 1 aliphatic rings. The lowest BCUT2D eigenvalue weighted by Gasteiger charge is -2.32. The van der Waals surface area contributed by atoms with Crippen molar-refractivity contribution < 1.29 is 9.53 Å². The van der Waals surface area contributed by atoms with E-state index in [1.807, 2.05) is 0 Å². The molecule has 2 aromatic rings. The minimum atomic E-state index is -0.153. The van der Waals surface area contributed by atoms with Crippen LogP contribution in [0.15, 0.2) is 29.2 Å². The SMILES string of the molecule is COc1cc(C(=O)N2CCC[C@H](c3cc(=O)[nH]c(C)n3)C2)ccn1. The van der Waals surface area contributed by atoms with Gasteiger partial charge in [0.15, 0.2) is 0 Å². The maximum atomic E-state index is 12.7. The number of carbonyl (C=O) groups is 1. The van der Waals surface area contributed by atoms with Gasteiger partial charge in [-0.1, -0.05) is 0 Å². The Bertz CT molecular complexity index is 802. The van der Waals surface area contributed by atoms with E-state index in [0.29, 0.717) is 30.4 Å². The average molecular weight is 328 g/mol. The van der Waals surface area contributed by atoms with E-state index in [1.54, 1.807) is 30.2 Å². The molecule has 0 bridgehead atoms. The van der Waals surface area contributed by atoms with E-state index in [2.05, 4.69) is 15.0 Å². The van der Waals surface area contributed by atoms with E-state index in [1.165, 1.54) is 13.2 Å². The summed E-state index contributed by atoms with van der Waals surface area (Å²) in [5.74, 6) is 1.04. The topological polar surface area (TPSA) is 88.2 Å². The number of aromatic nitrogens is 3. The first-order valence-corrected chi connectivity index (χ1v) is 7.94. The van der Waals surface area contributed by atoms with Crippen molar-refractivity contribution in [2.75, 3.05) is 20.2 Å². The number of pyridine rings is 1. The third-order valence-corrected chi connectivity index (χ3v) is 4.20. The number of hydrogen-bond acceptors (Lipinski definition) is 5. The molecule has 7 nitrogen and oxygen atoms in total. The first kappa shape index (κ1) is 16.2. The second-order valence-corrected chi connectivity index (χ2v) is 5.93. The van der Waals surface area contributed by atoms with Crippen LogP contribution in [0.3, 0.4) is 0 Å². The summed E-state index contributed by atoms with van der Waals surface area (Å²) in [5.41, 5.74) is 1.15. The lowest BCUT2D eigenvalue weighted by atomic mass is 9.94. The molecule has 1 aliphatic heterocycles. The van der Waals surface area contributed by atoms with Gasteiger partial charge in [-0.15, -0.1) is 0 Å². The number of H-pyrrole nitrogens is 1. The summed E-state index contributed by atoms with van der Waals surface area (Å²) in [6, 6.07) is 4.85. The molecule has 0 radical (unpaired) electrons. The number of carbonyl (C=O) groups excluding carboxylic acids is 1. The second-order valence-electron chi connectivity index (χ2n) is 5.93. The highest BCUT2D eigenvalue weighted by Crippen LogP contribution is 2.26. The number of methoxy groups -OCH3 is 1. The normalized spacial score (nSPS) is 17.6. The monoisotopic (exact) mass is 328 g/mol. The molecule has 1 N–H and O–H groups in total. The molecule has 1 saturated heterocycles. The minimum Gasteiger partial charge on any atom is -0.481 e. The maximum absolute atomic E-state index is 12.7. The molecule has 0 aromatic carbocycles. The molecule has 0 saturated carbocycles. The number of nitrogens with one attached hydrogen (secondary N) is 1. The van der Waals surface area contributed by atoms with Crippen molar-refractivity contribution in [1.82, 2.24) is 19.9 Å². The molecule has 24 heavy (non-hydrogen) atoms. The zero-order valence-corrected chi connectivity index (χ0v) is 13.8. The number of ether oxygens (including phenoxy) is 1. The molecular formula is C17H20N4O3. The van der Waals surface area contributed by atoms with Crippen LogP contribution in [-0.4, -0.2) is 46.0 Å². The van der Waals surface area contributed by atoms with Crippen LogP contribution in [0.2, 0.25) is 0 Å². The lowest BCUT2D eigenvalue weighted by molar-refractivity contribution is 0.0705. The quantitative estimate of drug-likeness (QED) is 0.922. The Kier molecular flexibility index (Phi) is 4.59. The van der Waals surface area contributed by atoms with Crippen LogP contribution in [0.1, 0.15) is 40.6 Å². The predicted molar refractivity (Wildman–Crippen MR) is 88.3 cm³/mol. The first-order valence-electron chi connectivity index (χ1n) is 7.94. The Hall–Kier alpha value is -2.70. The highest BCUT2D eigenvalue weighted by Gasteiger charge is 2.27. The van der Waals surface area contributed by atoms with Gasteiger partial charge in [0.05, 0.1) is 12.8 Å². The number of hydrogen-bond donors (Lipinski definition) is 1. The molecule has 1 amide bonds. The predicted octanol–water partition coefficient (Wildman–Crippen LogP) is 1.50. The average Bonchev–Trinajstić information content (AvgIpc) is 2.60. The molecular weight excluding hydrogens is 308 g/mol. The highest BCUT2D eigenvalue weighted by atomic mass is 16.5. The summed E-state index contributed by atoms with van der Waals surface area (Å²) in [4.78, 5) is 37.3. The lowest BCUT2D eigenvalue weighted by Crippen LogP contribution is -2.39. The summed E-state index contributed by atoms with van der Waals surface area (Å²) in [7, 11) is 1.52. The zero-order chi connectivity index (χ0) is 17.1. The molecule has 1 atom stereocenters. The summed E-state index contributed by atoms with van der Waals surface area (Å²) < 4.78 is 5.08. The number of amides is 1. The fourth-order valence-corrected chi connectivity index (χ4v) is 3.05. The summed E-state index contributed by atoms with van der Waals surface area (Å²) in [5, 5.41) is 0. The number of aryl methyl sites for hydroxylation is 1. The van der Waals surface area contributed by atoms with Gasteiger partial charge in [0, 0.05) is 42.9 Å². The van der Waals surface area contributed by atoms with E-state index in [9.17, 15) is 9.59 Å². The van der Waals surface area contributed by atoms with Crippen molar-refractivity contribution in [3.8, 4) is 5.88 Å². The molecule has 0 unspecified atom stereocenters. The van der Waals surface area contributed by atoms with Gasteiger partial charge in [-0.2, -0.15) is 0 Å². The Balaban J connectivity index is 1.79. The van der Waals surface area contributed by atoms with Gasteiger partial charge < -0.3 is 14.6 Å². The van der Waals surface area contributed by atoms with Crippen molar-refractivity contribution in [2.24, 2.45) is 0 Å². The van der Waals surface area contributed by atoms with Crippen molar-refractivity contribution in [3.63, 3.8) is 0 Å². The molecule has 3 heterocycles. The molecule has 1 fully saturated rings. The van der Waals surface area contributed by atoms with Gasteiger partial charge in [-0.25, -0.2) is 9.97 Å². The third-order valence-electron chi connectivity index (χ3n) is 4.20. The van der Waals surface area contributed by atoms with Crippen molar-refractivity contribution in [1.29, 1.82) is 0 Å². The minimum absolute atomic E-state index is 0.0537. The second kappa shape index (κ2) is 6.82. The number of nitrogens with zero attached hydrogens (tertiary/aromatic N) is 3. The van der Waals surface area contributed by atoms with E-state index < -0.39 is 0 Å². The fourth-order valence-electron chi connectivity index (χ4n) is 3.05. The van der Waals surface area contributed by atoms with Crippen molar-refractivity contribution >= 4 is 5.91 Å². The van der Waals surface area contributed by atoms with Crippen LogP contribution in [0.25, 0.3) is 0 Å². The number of aromatic amines is 1. The van der Waals surface area contributed by atoms with Gasteiger partial charge in [0.1, 0.15) is 5.82 Å². The largest absolute Gasteiger partial charge is 0.481 e. The van der Waals surface area contributed by atoms with Crippen molar-refractivity contribution in [3.05, 3.63) is 51.8 Å².